The highest BCUT2D eigenvalue weighted by Crippen LogP contribution is 2.28. The van der Waals surface area contributed by atoms with Gasteiger partial charge in [0.15, 0.2) is 0 Å². The highest BCUT2D eigenvalue weighted by molar-refractivity contribution is 6.09. The van der Waals surface area contributed by atoms with Gasteiger partial charge in [-0.2, -0.15) is 4.99 Å². The van der Waals surface area contributed by atoms with Gasteiger partial charge in [0, 0.05) is 12.7 Å². The normalized spacial score (nSPS) is 21.9. The molecule has 5 nitrogen and oxygen atoms in total. The van der Waals surface area contributed by atoms with Crippen molar-refractivity contribution in [3.05, 3.63) is 24.4 Å². The zero-order valence-electron chi connectivity index (χ0n) is 15.6. The molecule has 2 aliphatic heterocycles. The van der Waals surface area contributed by atoms with Crippen LogP contribution in [-0.4, -0.2) is 34.6 Å². The summed E-state index contributed by atoms with van der Waals surface area (Å²) in [7, 11) is 0. The first-order valence-corrected chi connectivity index (χ1v) is 9.62. The van der Waals surface area contributed by atoms with E-state index in [2.05, 4.69) is 17.2 Å². The van der Waals surface area contributed by atoms with Gasteiger partial charge < -0.3 is 10.2 Å². The minimum absolute atomic E-state index is 0.101. The molecule has 1 N–H and O–H groups in total. The molecule has 0 radical (unpaired) electrons. The second kappa shape index (κ2) is 9.54. The third-order valence-electron chi connectivity index (χ3n) is 4.91. The summed E-state index contributed by atoms with van der Waals surface area (Å²) in [5, 5.41) is 3.01. The molecule has 1 unspecified atom stereocenters. The van der Waals surface area contributed by atoms with E-state index in [1.54, 1.807) is 11.0 Å². The Balaban J connectivity index is 1.73. The van der Waals surface area contributed by atoms with Crippen LogP contribution < -0.4 is 5.32 Å². The first-order chi connectivity index (χ1) is 12.1. The van der Waals surface area contributed by atoms with Crippen LogP contribution in [0.25, 0.3) is 0 Å². The van der Waals surface area contributed by atoms with Crippen LogP contribution in [0.15, 0.2) is 29.4 Å². The van der Waals surface area contributed by atoms with Crippen molar-refractivity contribution in [3.63, 3.8) is 0 Å². The van der Waals surface area contributed by atoms with Crippen molar-refractivity contribution in [3.8, 4) is 0 Å². The van der Waals surface area contributed by atoms with Crippen molar-refractivity contribution < 1.29 is 9.59 Å². The lowest BCUT2D eigenvalue weighted by Gasteiger charge is -2.41. The molecule has 0 saturated carbocycles. The standard InChI is InChI=1S/C20H31N3O2/c1-3-4-5-6-7-8-9-11-14-21-19(25)20(2)16-18(24)22-17-13-10-12-15-23(17)20/h10,12-13,15H,3-9,11,14,16H2,1-2H3,(H,21,25). The summed E-state index contributed by atoms with van der Waals surface area (Å²) in [4.78, 5) is 30.4. The van der Waals surface area contributed by atoms with Crippen molar-refractivity contribution >= 4 is 17.6 Å². The number of nitrogens with zero attached hydrogens (tertiary/aromatic N) is 2. The number of allylic oxidation sites excluding steroid dienone is 2. The molecule has 0 saturated heterocycles. The highest BCUT2D eigenvalue weighted by Gasteiger charge is 2.44. The Labute approximate surface area is 151 Å². The number of carbonyl (C=O) groups excluding carboxylic acids is 2. The SMILES string of the molecule is CCCCCCCCCCNC(=O)C1(C)CC(=O)N=C2C=CC=CN21. The number of rotatable bonds is 10. The van der Waals surface area contributed by atoms with Crippen LogP contribution in [0.3, 0.4) is 0 Å². The number of nitrogens with one attached hydrogen (secondary N) is 1. The fourth-order valence-corrected chi connectivity index (χ4v) is 3.33. The summed E-state index contributed by atoms with van der Waals surface area (Å²) < 4.78 is 0. The van der Waals surface area contributed by atoms with E-state index < -0.39 is 5.54 Å². The molecular weight excluding hydrogens is 314 g/mol. The molecule has 0 aliphatic carbocycles. The lowest BCUT2D eigenvalue weighted by Crippen LogP contribution is -2.60. The first kappa shape index (κ1) is 19.4. The third kappa shape index (κ3) is 5.28. The van der Waals surface area contributed by atoms with Crippen LogP contribution in [0, 0.1) is 0 Å². The zero-order chi connectivity index (χ0) is 18.1. The number of carbonyl (C=O) groups is 2. The van der Waals surface area contributed by atoms with Gasteiger partial charge in [-0.25, -0.2) is 0 Å². The summed E-state index contributed by atoms with van der Waals surface area (Å²) in [5.74, 6) is 0.204. The van der Waals surface area contributed by atoms with Gasteiger partial charge in [-0.05, 0) is 25.5 Å². The Morgan fingerprint density at radius 2 is 1.84 bits per heavy atom. The maximum Gasteiger partial charge on any atom is 0.250 e. The predicted molar refractivity (Wildman–Crippen MR) is 101 cm³/mol. The fraction of sp³-hybridized carbons (Fsp3) is 0.650. The molecule has 5 heteroatoms. The number of amidine groups is 1. The lowest BCUT2D eigenvalue weighted by molar-refractivity contribution is -0.134. The van der Waals surface area contributed by atoms with E-state index in [0.717, 1.165) is 12.8 Å². The Bertz CT molecular complexity index is 565. The van der Waals surface area contributed by atoms with Gasteiger partial charge in [0.25, 0.3) is 5.91 Å². The average molecular weight is 345 g/mol. The van der Waals surface area contributed by atoms with Crippen molar-refractivity contribution in [1.82, 2.24) is 10.2 Å². The van der Waals surface area contributed by atoms with Gasteiger partial charge in [0.05, 0.1) is 6.42 Å². The third-order valence-corrected chi connectivity index (χ3v) is 4.91. The molecule has 0 aromatic heterocycles. The summed E-state index contributed by atoms with van der Waals surface area (Å²) in [6.45, 7) is 4.71. The van der Waals surface area contributed by atoms with Crippen LogP contribution in [0.1, 0.15) is 71.6 Å². The Morgan fingerprint density at radius 1 is 1.16 bits per heavy atom. The Morgan fingerprint density at radius 3 is 2.56 bits per heavy atom. The van der Waals surface area contributed by atoms with Crippen molar-refractivity contribution in [1.29, 1.82) is 0 Å². The van der Waals surface area contributed by atoms with E-state index in [1.807, 2.05) is 25.3 Å². The molecular formula is C20H31N3O2. The van der Waals surface area contributed by atoms with Crippen molar-refractivity contribution in [2.45, 2.75) is 77.2 Å². The van der Waals surface area contributed by atoms with Crippen LogP contribution in [0.4, 0.5) is 0 Å². The minimum atomic E-state index is -0.893. The molecule has 0 spiro atoms. The van der Waals surface area contributed by atoms with Gasteiger partial charge in [0.2, 0.25) is 5.91 Å². The predicted octanol–water partition coefficient (Wildman–Crippen LogP) is 3.72. The molecule has 2 amide bonds. The van der Waals surface area contributed by atoms with Gasteiger partial charge in [-0.3, -0.25) is 9.59 Å². The maximum absolute atomic E-state index is 12.7. The fourth-order valence-electron chi connectivity index (χ4n) is 3.33. The van der Waals surface area contributed by atoms with Crippen LogP contribution in [-0.2, 0) is 9.59 Å². The topological polar surface area (TPSA) is 61.8 Å². The molecule has 138 valence electrons. The highest BCUT2D eigenvalue weighted by atomic mass is 16.2. The van der Waals surface area contributed by atoms with Gasteiger partial charge in [-0.15, -0.1) is 0 Å². The molecule has 1 atom stereocenters. The van der Waals surface area contributed by atoms with Gasteiger partial charge in [-0.1, -0.05) is 57.9 Å². The quantitative estimate of drug-likeness (QED) is 0.614. The molecule has 2 heterocycles. The number of fused-ring (bicyclic) bond motifs is 1. The van der Waals surface area contributed by atoms with Gasteiger partial charge >= 0.3 is 0 Å². The van der Waals surface area contributed by atoms with Gasteiger partial charge in [0.1, 0.15) is 11.4 Å². The van der Waals surface area contributed by atoms with Crippen LogP contribution in [0.5, 0.6) is 0 Å². The summed E-state index contributed by atoms with van der Waals surface area (Å²) in [6, 6.07) is 0. The number of unbranched alkanes of at least 4 members (excludes halogenated alkanes) is 7. The minimum Gasteiger partial charge on any atom is -0.354 e. The van der Waals surface area contributed by atoms with E-state index in [4.69, 9.17) is 0 Å². The van der Waals surface area contributed by atoms with E-state index in [1.165, 1.54) is 38.5 Å². The Kier molecular flexibility index (Phi) is 7.41. The molecule has 2 aliphatic rings. The molecule has 0 fully saturated rings. The Hall–Kier alpha value is -1.91. The summed E-state index contributed by atoms with van der Waals surface area (Å²) in [6.07, 6.45) is 17.3. The molecule has 25 heavy (non-hydrogen) atoms. The van der Waals surface area contributed by atoms with E-state index in [9.17, 15) is 9.59 Å². The number of hydrogen-bond donors (Lipinski definition) is 1. The van der Waals surface area contributed by atoms with E-state index in [-0.39, 0.29) is 18.2 Å². The summed E-state index contributed by atoms with van der Waals surface area (Å²) in [5.41, 5.74) is -0.893. The average Bonchev–Trinajstić information content (AvgIpc) is 2.60. The zero-order valence-corrected chi connectivity index (χ0v) is 15.6. The smallest absolute Gasteiger partial charge is 0.250 e. The van der Waals surface area contributed by atoms with Crippen LogP contribution in [0.2, 0.25) is 0 Å². The monoisotopic (exact) mass is 345 g/mol. The van der Waals surface area contributed by atoms with E-state index in [0.29, 0.717) is 12.4 Å². The lowest BCUT2D eigenvalue weighted by atomic mass is 9.91. The van der Waals surface area contributed by atoms with Crippen molar-refractivity contribution in [2.75, 3.05) is 6.54 Å². The second-order valence-electron chi connectivity index (χ2n) is 7.12. The first-order valence-electron chi connectivity index (χ1n) is 9.62. The van der Waals surface area contributed by atoms with Crippen LogP contribution >= 0.6 is 0 Å². The maximum atomic E-state index is 12.7. The van der Waals surface area contributed by atoms with E-state index >= 15 is 0 Å². The molecule has 0 aromatic rings. The number of amides is 2. The molecule has 2 rings (SSSR count). The number of hydrogen-bond acceptors (Lipinski definition) is 3. The largest absolute Gasteiger partial charge is 0.354 e. The second-order valence-corrected chi connectivity index (χ2v) is 7.12. The molecule has 0 bridgehead atoms. The van der Waals surface area contributed by atoms with Crippen molar-refractivity contribution in [2.24, 2.45) is 4.99 Å². The summed E-state index contributed by atoms with van der Waals surface area (Å²) >= 11 is 0. The molecule has 0 aromatic carbocycles. The number of aliphatic imine (C=N–C) groups is 1.